The normalized spacial score (nSPS) is 15.1. The number of carbonyl (C=O) groups is 1. The van der Waals surface area contributed by atoms with Gasteiger partial charge in [-0.1, -0.05) is 44.0 Å². The summed E-state index contributed by atoms with van der Waals surface area (Å²) in [7, 11) is 0. The number of nitrogens with zero attached hydrogens (tertiary/aromatic N) is 3. The zero-order chi connectivity index (χ0) is 22.8. The molecule has 0 fully saturated rings. The minimum absolute atomic E-state index is 0.0241. The third kappa shape index (κ3) is 3.75. The van der Waals surface area contributed by atoms with Gasteiger partial charge in [-0.05, 0) is 42.3 Å². The van der Waals surface area contributed by atoms with Gasteiger partial charge in [-0.3, -0.25) is 14.5 Å². The number of aromatic nitrogens is 2. The van der Waals surface area contributed by atoms with Crippen LogP contribution >= 0.6 is 0 Å². The smallest absolute Gasteiger partial charge is 0.297 e. The molecule has 1 aliphatic rings. The fraction of sp³-hybridized carbons (Fsp3) is 0.231. The Labute approximate surface area is 190 Å². The minimum Gasteiger partial charge on any atom is -0.494 e. The van der Waals surface area contributed by atoms with Crippen LogP contribution < -0.4 is 15.1 Å². The maximum Gasteiger partial charge on any atom is 0.297 e. The van der Waals surface area contributed by atoms with Gasteiger partial charge in [-0.2, -0.15) is 0 Å². The van der Waals surface area contributed by atoms with Crippen molar-refractivity contribution < 1.29 is 13.9 Å². The van der Waals surface area contributed by atoms with Gasteiger partial charge in [0.1, 0.15) is 11.3 Å². The lowest BCUT2D eigenvalue weighted by Crippen LogP contribution is -2.31. The zero-order valence-corrected chi connectivity index (χ0v) is 18.2. The molecule has 0 spiro atoms. The van der Waals surface area contributed by atoms with Crippen LogP contribution in [0.25, 0.3) is 11.0 Å². The topological polar surface area (TPSA) is 85.5 Å². The summed E-state index contributed by atoms with van der Waals surface area (Å²) in [5.41, 5.74) is 1.18. The van der Waals surface area contributed by atoms with Gasteiger partial charge in [0.25, 0.3) is 5.91 Å². The summed E-state index contributed by atoms with van der Waals surface area (Å²) in [5, 5.41) is 0.431. The number of amides is 1. The summed E-state index contributed by atoms with van der Waals surface area (Å²) < 4.78 is 11.8. The maximum absolute atomic E-state index is 13.5. The average molecular weight is 441 g/mol. The van der Waals surface area contributed by atoms with E-state index in [1.165, 1.54) is 4.90 Å². The Balaban J connectivity index is 1.60. The summed E-state index contributed by atoms with van der Waals surface area (Å²) in [6, 6.07) is 15.4. The van der Waals surface area contributed by atoms with E-state index in [2.05, 4.69) is 16.9 Å². The van der Waals surface area contributed by atoms with Crippen LogP contribution in [0.15, 0.2) is 76.2 Å². The summed E-state index contributed by atoms with van der Waals surface area (Å²) >= 11 is 0. The summed E-state index contributed by atoms with van der Waals surface area (Å²) in [4.78, 5) is 36.9. The van der Waals surface area contributed by atoms with Crippen LogP contribution in [0, 0.1) is 0 Å². The maximum atomic E-state index is 13.5. The molecule has 3 heterocycles. The first-order valence-corrected chi connectivity index (χ1v) is 11.1. The molecule has 166 valence electrons. The van der Waals surface area contributed by atoms with Gasteiger partial charge in [0.15, 0.2) is 5.43 Å². The SMILES string of the molecule is CCCCCOc1ccc(C2c3c(oc4ccccc4c3=O)C(=O)N2c2ncccn2)cc1. The second kappa shape index (κ2) is 8.86. The van der Waals surface area contributed by atoms with Gasteiger partial charge >= 0.3 is 0 Å². The van der Waals surface area contributed by atoms with Gasteiger partial charge in [0.2, 0.25) is 11.7 Å². The molecule has 1 atom stereocenters. The first-order valence-electron chi connectivity index (χ1n) is 11.1. The summed E-state index contributed by atoms with van der Waals surface area (Å²) in [6.07, 6.45) is 6.38. The van der Waals surface area contributed by atoms with Crippen LogP contribution in [0.2, 0.25) is 0 Å². The van der Waals surface area contributed by atoms with Crippen molar-refractivity contribution in [2.75, 3.05) is 11.5 Å². The van der Waals surface area contributed by atoms with Crippen molar-refractivity contribution in [3.8, 4) is 5.75 Å². The van der Waals surface area contributed by atoms with E-state index in [9.17, 15) is 9.59 Å². The number of hydrogen-bond donors (Lipinski definition) is 0. The highest BCUT2D eigenvalue weighted by atomic mass is 16.5. The van der Waals surface area contributed by atoms with E-state index in [0.29, 0.717) is 23.1 Å². The molecule has 7 nitrogen and oxygen atoms in total. The Hall–Kier alpha value is -4.00. The van der Waals surface area contributed by atoms with Crippen molar-refractivity contribution in [2.45, 2.75) is 32.2 Å². The molecule has 2 aromatic carbocycles. The number of benzene rings is 2. The van der Waals surface area contributed by atoms with Crippen LogP contribution in [0.1, 0.15) is 53.9 Å². The fourth-order valence-corrected chi connectivity index (χ4v) is 4.15. The molecule has 4 aromatic rings. The highest BCUT2D eigenvalue weighted by Gasteiger charge is 2.44. The third-order valence-corrected chi connectivity index (χ3v) is 5.76. The number of fused-ring (bicyclic) bond motifs is 2. The molecular weight excluding hydrogens is 418 g/mol. The molecule has 1 amide bonds. The summed E-state index contributed by atoms with van der Waals surface area (Å²) in [5.74, 6) is 0.537. The Morgan fingerprint density at radius 3 is 2.48 bits per heavy atom. The van der Waals surface area contributed by atoms with Gasteiger partial charge < -0.3 is 9.15 Å². The predicted octanol–water partition coefficient (Wildman–Crippen LogP) is 4.90. The standard InChI is InChI=1S/C26H23N3O4/c1-2-3-6-16-32-18-12-10-17(11-13-18)22-21-23(30)19-8-4-5-9-20(19)33-24(21)25(31)29(22)26-27-14-7-15-28-26/h4-5,7-15,22H,2-3,6,16H2,1H3. The number of rotatable bonds is 7. The lowest BCUT2D eigenvalue weighted by atomic mass is 9.98. The van der Waals surface area contributed by atoms with E-state index in [4.69, 9.17) is 9.15 Å². The molecule has 33 heavy (non-hydrogen) atoms. The third-order valence-electron chi connectivity index (χ3n) is 5.76. The molecule has 0 aliphatic carbocycles. The molecule has 7 heteroatoms. The van der Waals surface area contributed by atoms with E-state index in [1.54, 1.807) is 42.7 Å². The monoisotopic (exact) mass is 441 g/mol. The lowest BCUT2D eigenvalue weighted by Gasteiger charge is -2.23. The molecule has 1 unspecified atom stereocenters. The number of carbonyl (C=O) groups excluding carboxylic acids is 1. The van der Waals surface area contributed by atoms with E-state index in [1.807, 2.05) is 24.3 Å². The largest absolute Gasteiger partial charge is 0.494 e. The van der Waals surface area contributed by atoms with E-state index in [-0.39, 0.29) is 17.1 Å². The van der Waals surface area contributed by atoms with Crippen LogP contribution in [0.3, 0.4) is 0 Å². The number of anilines is 1. The van der Waals surface area contributed by atoms with Crippen molar-refractivity contribution in [3.05, 3.63) is 94.1 Å². The van der Waals surface area contributed by atoms with Crippen molar-refractivity contribution in [3.63, 3.8) is 0 Å². The number of hydrogen-bond acceptors (Lipinski definition) is 6. The van der Waals surface area contributed by atoms with Crippen LogP contribution in [-0.2, 0) is 0 Å². The zero-order valence-electron chi connectivity index (χ0n) is 18.2. The Bertz CT molecular complexity index is 1350. The molecule has 2 aromatic heterocycles. The quantitative estimate of drug-likeness (QED) is 0.379. The molecule has 1 aliphatic heterocycles. The number of ether oxygens (including phenoxy) is 1. The van der Waals surface area contributed by atoms with Crippen LogP contribution in [0.5, 0.6) is 5.75 Å². The first-order chi connectivity index (χ1) is 16.2. The fourth-order valence-electron chi connectivity index (χ4n) is 4.15. The van der Waals surface area contributed by atoms with Gasteiger partial charge in [0, 0.05) is 12.4 Å². The first kappa shape index (κ1) is 20.9. The van der Waals surface area contributed by atoms with E-state index in [0.717, 1.165) is 30.6 Å². The molecule has 0 bridgehead atoms. The molecule has 0 saturated carbocycles. The van der Waals surface area contributed by atoms with E-state index >= 15 is 0 Å². The Morgan fingerprint density at radius 2 is 1.73 bits per heavy atom. The van der Waals surface area contributed by atoms with Crippen LogP contribution in [-0.4, -0.2) is 22.5 Å². The Morgan fingerprint density at radius 1 is 0.970 bits per heavy atom. The van der Waals surface area contributed by atoms with Crippen molar-refractivity contribution in [1.82, 2.24) is 9.97 Å². The van der Waals surface area contributed by atoms with Crippen molar-refractivity contribution in [2.24, 2.45) is 0 Å². The number of unbranched alkanes of at least 4 members (excludes halogenated alkanes) is 2. The lowest BCUT2D eigenvalue weighted by molar-refractivity contribution is 0.0969. The van der Waals surface area contributed by atoms with Gasteiger partial charge in [-0.25, -0.2) is 9.97 Å². The molecular formula is C26H23N3O4. The van der Waals surface area contributed by atoms with Crippen LogP contribution in [0.4, 0.5) is 5.95 Å². The number of para-hydroxylation sites is 1. The minimum atomic E-state index is -0.704. The molecule has 0 saturated heterocycles. The Kier molecular flexibility index (Phi) is 5.60. The molecule has 5 rings (SSSR count). The second-order valence-corrected chi connectivity index (χ2v) is 7.92. The molecule has 0 radical (unpaired) electrons. The van der Waals surface area contributed by atoms with Crippen molar-refractivity contribution >= 4 is 22.8 Å². The highest BCUT2D eigenvalue weighted by molar-refractivity contribution is 6.09. The second-order valence-electron chi connectivity index (χ2n) is 7.92. The van der Waals surface area contributed by atoms with E-state index < -0.39 is 11.9 Å². The highest BCUT2D eigenvalue weighted by Crippen LogP contribution is 2.40. The predicted molar refractivity (Wildman–Crippen MR) is 125 cm³/mol. The summed E-state index contributed by atoms with van der Waals surface area (Å²) in [6.45, 7) is 2.80. The van der Waals surface area contributed by atoms with Gasteiger partial charge in [-0.15, -0.1) is 0 Å². The molecule has 0 N–H and O–H groups in total. The van der Waals surface area contributed by atoms with Gasteiger partial charge in [0.05, 0.1) is 23.6 Å². The average Bonchev–Trinajstić information content (AvgIpc) is 3.15. The van der Waals surface area contributed by atoms with Crippen molar-refractivity contribution in [1.29, 1.82) is 0 Å².